The summed E-state index contributed by atoms with van der Waals surface area (Å²) >= 11 is 3.35. The van der Waals surface area contributed by atoms with Crippen LogP contribution < -0.4 is 0 Å². The predicted molar refractivity (Wildman–Crippen MR) is 72.2 cm³/mol. The van der Waals surface area contributed by atoms with E-state index >= 15 is 0 Å². The lowest BCUT2D eigenvalue weighted by atomic mass is 9.84. The first kappa shape index (κ1) is 13.5. The van der Waals surface area contributed by atoms with E-state index in [0.29, 0.717) is 13.0 Å². The highest BCUT2D eigenvalue weighted by Gasteiger charge is 2.43. The van der Waals surface area contributed by atoms with Crippen LogP contribution in [0, 0.1) is 5.41 Å². The molecule has 0 aliphatic carbocycles. The summed E-state index contributed by atoms with van der Waals surface area (Å²) in [6.45, 7) is 4.13. The number of carbonyl (C=O) groups is 1. The third kappa shape index (κ3) is 2.72. The molecular weight excluding hydrogens is 296 g/mol. The summed E-state index contributed by atoms with van der Waals surface area (Å²) in [5.41, 5.74) is 0.422. The van der Waals surface area contributed by atoms with E-state index in [1.807, 2.05) is 19.1 Å². The normalized spacial score (nSPS) is 24.3. The van der Waals surface area contributed by atoms with Gasteiger partial charge in [0.2, 0.25) is 0 Å². The number of pyridine rings is 1. The average molecular weight is 313 g/mol. The molecule has 98 valence electrons. The van der Waals surface area contributed by atoms with Gasteiger partial charge in [0.05, 0.1) is 11.1 Å². The summed E-state index contributed by atoms with van der Waals surface area (Å²) < 4.78 is 0.959. The molecule has 0 saturated carbocycles. The van der Waals surface area contributed by atoms with Crippen molar-refractivity contribution in [1.82, 2.24) is 9.88 Å². The van der Waals surface area contributed by atoms with Gasteiger partial charge in [-0.1, -0.05) is 6.92 Å². The van der Waals surface area contributed by atoms with Crippen LogP contribution in [0.15, 0.2) is 22.8 Å². The Hall–Kier alpha value is -0.940. The Balaban J connectivity index is 2.01. The van der Waals surface area contributed by atoms with E-state index in [1.54, 1.807) is 6.20 Å². The summed E-state index contributed by atoms with van der Waals surface area (Å²) in [4.78, 5) is 17.8. The molecule has 1 aliphatic heterocycles. The third-order valence-corrected chi connectivity index (χ3v) is 4.21. The maximum Gasteiger partial charge on any atom is 0.310 e. The Morgan fingerprint density at radius 3 is 2.89 bits per heavy atom. The first-order chi connectivity index (χ1) is 8.55. The van der Waals surface area contributed by atoms with E-state index in [4.69, 9.17) is 0 Å². The largest absolute Gasteiger partial charge is 0.481 e. The minimum absolute atomic E-state index is 0.560. The van der Waals surface area contributed by atoms with Crippen molar-refractivity contribution in [2.24, 2.45) is 5.41 Å². The third-order valence-electron chi connectivity index (χ3n) is 3.74. The van der Waals surface area contributed by atoms with E-state index in [9.17, 15) is 9.90 Å². The second-order valence-corrected chi connectivity index (χ2v) is 5.78. The van der Waals surface area contributed by atoms with Crippen LogP contribution in [0.5, 0.6) is 0 Å². The Morgan fingerprint density at radius 2 is 2.39 bits per heavy atom. The van der Waals surface area contributed by atoms with Crippen LogP contribution in [0.3, 0.4) is 0 Å². The topological polar surface area (TPSA) is 53.4 Å². The lowest BCUT2D eigenvalue weighted by molar-refractivity contribution is -0.148. The minimum atomic E-state index is -0.670. The molecule has 2 heterocycles. The van der Waals surface area contributed by atoms with Gasteiger partial charge in [0, 0.05) is 23.8 Å². The quantitative estimate of drug-likeness (QED) is 0.928. The highest BCUT2D eigenvalue weighted by molar-refractivity contribution is 9.10. The number of carboxylic acids is 1. The molecule has 1 unspecified atom stereocenters. The molecule has 1 aromatic heterocycles. The lowest BCUT2D eigenvalue weighted by Crippen LogP contribution is -2.34. The van der Waals surface area contributed by atoms with Gasteiger partial charge >= 0.3 is 5.97 Å². The molecule has 0 aromatic carbocycles. The molecule has 5 heteroatoms. The fraction of sp³-hybridized carbons (Fsp3) is 0.538. The van der Waals surface area contributed by atoms with Gasteiger partial charge in [-0.05, 0) is 47.4 Å². The molecule has 0 amide bonds. The van der Waals surface area contributed by atoms with E-state index in [2.05, 4.69) is 25.8 Å². The predicted octanol–water partition coefficient (Wildman–Crippen LogP) is 2.53. The van der Waals surface area contributed by atoms with Crippen LogP contribution in [0.4, 0.5) is 0 Å². The first-order valence-corrected chi connectivity index (χ1v) is 6.91. The van der Waals surface area contributed by atoms with E-state index in [0.717, 1.165) is 29.7 Å². The summed E-state index contributed by atoms with van der Waals surface area (Å²) in [6, 6.07) is 3.93. The highest BCUT2D eigenvalue weighted by atomic mass is 79.9. The molecule has 0 bridgehead atoms. The molecular formula is C13H17BrN2O2. The number of halogens is 1. The van der Waals surface area contributed by atoms with Crippen molar-refractivity contribution >= 4 is 21.9 Å². The zero-order chi connectivity index (χ0) is 13.2. The molecule has 1 fully saturated rings. The number of rotatable bonds is 4. The van der Waals surface area contributed by atoms with Crippen molar-refractivity contribution in [3.8, 4) is 0 Å². The molecule has 0 spiro atoms. The number of hydrogen-bond acceptors (Lipinski definition) is 3. The average Bonchev–Trinajstić information content (AvgIpc) is 2.77. The van der Waals surface area contributed by atoms with E-state index in [-0.39, 0.29) is 0 Å². The summed E-state index contributed by atoms with van der Waals surface area (Å²) in [7, 11) is 0. The van der Waals surface area contributed by atoms with Crippen LogP contribution in [0.1, 0.15) is 25.5 Å². The Bertz CT molecular complexity index is 435. The standard InChI is InChI=1S/C13H17BrN2O2/c1-2-13(12(17)18)5-6-16(9-13)8-11-4-3-10(14)7-15-11/h3-4,7H,2,5-6,8-9H2,1H3,(H,17,18). The van der Waals surface area contributed by atoms with Gasteiger partial charge in [-0.25, -0.2) is 0 Å². The monoisotopic (exact) mass is 312 g/mol. The van der Waals surface area contributed by atoms with Crippen molar-refractivity contribution in [2.75, 3.05) is 13.1 Å². The van der Waals surface area contributed by atoms with Crippen LogP contribution in [0.25, 0.3) is 0 Å². The Morgan fingerprint density at radius 1 is 1.61 bits per heavy atom. The SMILES string of the molecule is CCC1(C(=O)O)CCN(Cc2ccc(Br)cn2)C1. The van der Waals surface area contributed by atoms with Crippen LogP contribution >= 0.6 is 15.9 Å². The minimum Gasteiger partial charge on any atom is -0.481 e. The number of hydrogen-bond donors (Lipinski definition) is 1. The van der Waals surface area contributed by atoms with Gasteiger partial charge < -0.3 is 5.11 Å². The maximum atomic E-state index is 11.3. The van der Waals surface area contributed by atoms with Gasteiger partial charge in [0.25, 0.3) is 0 Å². The highest BCUT2D eigenvalue weighted by Crippen LogP contribution is 2.34. The smallest absolute Gasteiger partial charge is 0.310 e. The zero-order valence-corrected chi connectivity index (χ0v) is 12.0. The van der Waals surface area contributed by atoms with Crippen molar-refractivity contribution in [2.45, 2.75) is 26.3 Å². The second kappa shape index (κ2) is 5.36. The molecule has 0 radical (unpaired) electrons. The maximum absolute atomic E-state index is 11.3. The van der Waals surface area contributed by atoms with Gasteiger partial charge in [-0.15, -0.1) is 0 Å². The molecule has 4 nitrogen and oxygen atoms in total. The summed E-state index contributed by atoms with van der Waals surface area (Å²) in [5, 5.41) is 9.34. The molecule has 1 atom stereocenters. The molecule has 18 heavy (non-hydrogen) atoms. The molecule has 1 aromatic rings. The lowest BCUT2D eigenvalue weighted by Gasteiger charge is -2.22. The fourth-order valence-electron chi connectivity index (χ4n) is 2.44. The molecule has 1 saturated heterocycles. The van der Waals surface area contributed by atoms with Gasteiger partial charge in [-0.2, -0.15) is 0 Å². The number of aliphatic carboxylic acids is 1. The number of nitrogens with zero attached hydrogens (tertiary/aromatic N) is 2. The fourth-order valence-corrected chi connectivity index (χ4v) is 2.67. The number of carboxylic acid groups (broad SMARTS) is 1. The first-order valence-electron chi connectivity index (χ1n) is 6.12. The number of likely N-dealkylation sites (tertiary alicyclic amines) is 1. The van der Waals surface area contributed by atoms with Gasteiger partial charge in [-0.3, -0.25) is 14.7 Å². The second-order valence-electron chi connectivity index (χ2n) is 4.87. The number of aromatic nitrogens is 1. The summed E-state index contributed by atoms with van der Waals surface area (Å²) in [6.07, 6.45) is 3.19. The van der Waals surface area contributed by atoms with Crippen LogP contribution in [-0.4, -0.2) is 34.0 Å². The van der Waals surface area contributed by atoms with Crippen LogP contribution in [-0.2, 0) is 11.3 Å². The Labute approximate surface area is 115 Å². The van der Waals surface area contributed by atoms with Crippen molar-refractivity contribution in [1.29, 1.82) is 0 Å². The van der Waals surface area contributed by atoms with Gasteiger partial charge in [0.1, 0.15) is 0 Å². The van der Waals surface area contributed by atoms with Crippen LogP contribution in [0.2, 0.25) is 0 Å². The zero-order valence-electron chi connectivity index (χ0n) is 10.4. The van der Waals surface area contributed by atoms with E-state index < -0.39 is 11.4 Å². The van der Waals surface area contributed by atoms with Crippen molar-refractivity contribution in [3.05, 3.63) is 28.5 Å². The molecule has 1 N–H and O–H groups in total. The van der Waals surface area contributed by atoms with E-state index in [1.165, 1.54) is 0 Å². The summed E-state index contributed by atoms with van der Waals surface area (Å²) in [5.74, 6) is -0.670. The van der Waals surface area contributed by atoms with Gasteiger partial charge in [0.15, 0.2) is 0 Å². The molecule has 1 aliphatic rings. The Kier molecular flexibility index (Phi) is 4.02. The molecule has 2 rings (SSSR count). The van der Waals surface area contributed by atoms with Crippen molar-refractivity contribution < 1.29 is 9.90 Å². The van der Waals surface area contributed by atoms with Crippen molar-refractivity contribution in [3.63, 3.8) is 0 Å².